The predicted molar refractivity (Wildman–Crippen MR) is 113 cm³/mol. The van der Waals surface area contributed by atoms with Gasteiger partial charge < -0.3 is 20.9 Å². The van der Waals surface area contributed by atoms with Gasteiger partial charge in [0.15, 0.2) is 5.96 Å². The summed E-state index contributed by atoms with van der Waals surface area (Å²) in [6.45, 7) is 9.02. The number of hydrogen-bond donors (Lipinski definition) is 2. The average Bonchev–Trinajstić information content (AvgIpc) is 2.68. The molecule has 0 spiro atoms. The summed E-state index contributed by atoms with van der Waals surface area (Å²) in [5.41, 5.74) is 6.62. The first kappa shape index (κ1) is 20.4. The molecule has 2 aliphatic heterocycles. The van der Waals surface area contributed by atoms with Crippen molar-refractivity contribution in [2.24, 2.45) is 28.5 Å². The minimum Gasteiger partial charge on any atom is -0.369 e. The third-order valence-corrected chi connectivity index (χ3v) is 5.88. The van der Waals surface area contributed by atoms with E-state index in [1.165, 1.54) is 6.42 Å². The van der Waals surface area contributed by atoms with Gasteiger partial charge in [-0.05, 0) is 37.2 Å². The molecule has 2 unspecified atom stereocenters. The normalized spacial score (nSPS) is 24.3. The van der Waals surface area contributed by atoms with Gasteiger partial charge in [0, 0.05) is 57.4 Å². The number of rotatable bonds is 4. The second-order valence-corrected chi connectivity index (χ2v) is 8.40. The third kappa shape index (κ3) is 4.94. The first-order valence-electron chi connectivity index (χ1n) is 10.4. The molecule has 2 aliphatic rings. The first-order valence-corrected chi connectivity index (χ1v) is 10.4. The third-order valence-electron chi connectivity index (χ3n) is 5.88. The molecular formula is C21H34N6O. The van der Waals surface area contributed by atoms with E-state index in [1.54, 1.807) is 0 Å². The second-order valence-electron chi connectivity index (χ2n) is 8.40. The molecule has 7 heteroatoms. The number of nitrogens with zero attached hydrogens (tertiary/aromatic N) is 4. The highest BCUT2D eigenvalue weighted by molar-refractivity contribution is 5.80. The number of guanidine groups is 1. The molecule has 2 saturated heterocycles. The van der Waals surface area contributed by atoms with Crippen LogP contribution in [-0.2, 0) is 11.3 Å². The van der Waals surface area contributed by atoms with Gasteiger partial charge in [-0.15, -0.1) is 0 Å². The molecule has 2 atom stereocenters. The minimum absolute atomic E-state index is 0.0107. The van der Waals surface area contributed by atoms with Crippen molar-refractivity contribution in [1.82, 2.24) is 15.2 Å². The number of carbonyl (C=O) groups excluding carboxylic acids is 1. The van der Waals surface area contributed by atoms with Crippen LogP contribution in [0.15, 0.2) is 23.3 Å². The number of aromatic nitrogens is 1. The summed E-state index contributed by atoms with van der Waals surface area (Å²) in [5, 5.41) is 3.54. The van der Waals surface area contributed by atoms with Crippen LogP contribution in [0, 0.1) is 17.8 Å². The van der Waals surface area contributed by atoms with Gasteiger partial charge in [-0.2, -0.15) is 0 Å². The molecule has 0 aromatic carbocycles. The smallest absolute Gasteiger partial charge is 0.220 e. The van der Waals surface area contributed by atoms with Crippen LogP contribution in [0.2, 0.25) is 0 Å². The van der Waals surface area contributed by atoms with E-state index in [-0.39, 0.29) is 11.8 Å². The number of nitrogens with two attached hydrogens (primary N) is 1. The maximum absolute atomic E-state index is 11.4. The molecular weight excluding hydrogens is 352 g/mol. The SMILES string of the molecule is CN=C(NCc1cccnc1N1CCC(C(N)=O)CC1)N1CC(C)CC(C)C1. The van der Waals surface area contributed by atoms with Crippen molar-refractivity contribution in [1.29, 1.82) is 0 Å². The first-order chi connectivity index (χ1) is 13.5. The van der Waals surface area contributed by atoms with E-state index in [0.717, 1.165) is 56.4 Å². The maximum atomic E-state index is 11.4. The van der Waals surface area contributed by atoms with Crippen LogP contribution < -0.4 is 16.0 Å². The fourth-order valence-corrected chi connectivity index (χ4v) is 4.57. The molecule has 1 aromatic heterocycles. The zero-order valence-electron chi connectivity index (χ0n) is 17.4. The summed E-state index contributed by atoms with van der Waals surface area (Å²) in [6.07, 6.45) is 4.71. The maximum Gasteiger partial charge on any atom is 0.220 e. The number of carbonyl (C=O) groups is 1. The Bertz CT molecular complexity index is 688. The lowest BCUT2D eigenvalue weighted by Gasteiger charge is -2.37. The lowest BCUT2D eigenvalue weighted by Crippen LogP contribution is -2.48. The molecule has 0 radical (unpaired) electrons. The van der Waals surface area contributed by atoms with Gasteiger partial charge in [-0.3, -0.25) is 9.79 Å². The van der Waals surface area contributed by atoms with Gasteiger partial charge >= 0.3 is 0 Å². The number of anilines is 1. The Morgan fingerprint density at radius 2 is 1.96 bits per heavy atom. The topological polar surface area (TPSA) is 86.9 Å². The molecule has 0 saturated carbocycles. The van der Waals surface area contributed by atoms with Crippen molar-refractivity contribution >= 4 is 17.7 Å². The molecule has 1 amide bonds. The number of hydrogen-bond acceptors (Lipinski definition) is 4. The molecule has 1 aromatic rings. The number of piperidine rings is 2. The largest absolute Gasteiger partial charge is 0.369 e. The van der Waals surface area contributed by atoms with Crippen molar-refractivity contribution in [3.05, 3.63) is 23.9 Å². The summed E-state index contributed by atoms with van der Waals surface area (Å²) < 4.78 is 0. The number of amides is 1. The predicted octanol–water partition coefficient (Wildman–Crippen LogP) is 1.84. The van der Waals surface area contributed by atoms with Crippen molar-refractivity contribution < 1.29 is 4.79 Å². The van der Waals surface area contributed by atoms with Gasteiger partial charge in [-0.25, -0.2) is 4.98 Å². The van der Waals surface area contributed by atoms with Crippen LogP contribution in [0.3, 0.4) is 0 Å². The van der Waals surface area contributed by atoms with Gasteiger partial charge in [0.05, 0.1) is 0 Å². The highest BCUT2D eigenvalue weighted by Gasteiger charge is 2.26. The Kier molecular flexibility index (Phi) is 6.75. The molecule has 3 rings (SSSR count). The number of aliphatic imine (C=N–C) groups is 1. The van der Waals surface area contributed by atoms with Crippen LogP contribution in [-0.4, -0.2) is 55.0 Å². The fraction of sp³-hybridized carbons (Fsp3) is 0.667. The number of primary amides is 1. The Morgan fingerprint density at radius 3 is 2.57 bits per heavy atom. The lowest BCUT2D eigenvalue weighted by molar-refractivity contribution is -0.122. The fourth-order valence-electron chi connectivity index (χ4n) is 4.57. The summed E-state index contributed by atoms with van der Waals surface area (Å²) >= 11 is 0. The Morgan fingerprint density at radius 1 is 1.29 bits per heavy atom. The van der Waals surface area contributed by atoms with E-state index in [1.807, 2.05) is 19.3 Å². The van der Waals surface area contributed by atoms with Crippen molar-refractivity contribution in [2.75, 3.05) is 38.1 Å². The summed E-state index contributed by atoms with van der Waals surface area (Å²) in [6, 6.07) is 4.09. The molecule has 0 bridgehead atoms. The highest BCUT2D eigenvalue weighted by atomic mass is 16.1. The Labute approximate surface area is 168 Å². The van der Waals surface area contributed by atoms with Gasteiger partial charge in [0.25, 0.3) is 0 Å². The van der Waals surface area contributed by atoms with Crippen LogP contribution in [0.1, 0.15) is 38.7 Å². The number of nitrogens with one attached hydrogen (secondary N) is 1. The van der Waals surface area contributed by atoms with Crippen LogP contribution in [0.4, 0.5) is 5.82 Å². The van der Waals surface area contributed by atoms with Crippen LogP contribution >= 0.6 is 0 Å². The second kappa shape index (κ2) is 9.26. The summed E-state index contributed by atoms with van der Waals surface area (Å²) in [7, 11) is 1.85. The van der Waals surface area contributed by atoms with Gasteiger partial charge in [0.1, 0.15) is 5.82 Å². The molecule has 2 fully saturated rings. The molecule has 28 heavy (non-hydrogen) atoms. The molecule has 0 aliphatic carbocycles. The number of pyridine rings is 1. The Hall–Kier alpha value is -2.31. The van der Waals surface area contributed by atoms with E-state index in [0.29, 0.717) is 18.4 Å². The van der Waals surface area contributed by atoms with Crippen molar-refractivity contribution in [3.8, 4) is 0 Å². The van der Waals surface area contributed by atoms with E-state index in [9.17, 15) is 4.79 Å². The highest BCUT2D eigenvalue weighted by Crippen LogP contribution is 2.25. The van der Waals surface area contributed by atoms with Crippen molar-refractivity contribution in [3.63, 3.8) is 0 Å². The molecule has 154 valence electrons. The van der Waals surface area contributed by atoms with Crippen LogP contribution in [0.25, 0.3) is 0 Å². The zero-order valence-corrected chi connectivity index (χ0v) is 17.4. The molecule has 7 nitrogen and oxygen atoms in total. The molecule has 3 heterocycles. The van der Waals surface area contributed by atoms with E-state index < -0.39 is 0 Å². The van der Waals surface area contributed by atoms with Crippen molar-refractivity contribution in [2.45, 2.75) is 39.7 Å². The lowest BCUT2D eigenvalue weighted by atomic mass is 9.92. The molecule has 3 N–H and O–H groups in total. The summed E-state index contributed by atoms with van der Waals surface area (Å²) in [4.78, 5) is 25.2. The van der Waals surface area contributed by atoms with E-state index >= 15 is 0 Å². The monoisotopic (exact) mass is 386 g/mol. The Balaban J connectivity index is 1.64. The zero-order chi connectivity index (χ0) is 20.1. The van der Waals surface area contributed by atoms with Gasteiger partial charge in [-0.1, -0.05) is 19.9 Å². The summed E-state index contributed by atoms with van der Waals surface area (Å²) in [5.74, 6) is 3.12. The quantitative estimate of drug-likeness (QED) is 0.609. The number of likely N-dealkylation sites (tertiary alicyclic amines) is 1. The van der Waals surface area contributed by atoms with E-state index in [2.05, 4.69) is 45.0 Å². The average molecular weight is 387 g/mol. The minimum atomic E-state index is -0.184. The van der Waals surface area contributed by atoms with Gasteiger partial charge in [0.2, 0.25) is 5.91 Å². The van der Waals surface area contributed by atoms with E-state index in [4.69, 9.17) is 5.73 Å². The standard InChI is InChI=1S/C21H34N6O/c1-15-11-16(2)14-27(13-15)21(23-3)25-12-18-5-4-8-24-20(18)26-9-6-17(7-10-26)19(22)28/h4-5,8,15-17H,6-7,9-14H2,1-3H3,(H2,22,28)(H,23,25). The van der Waals surface area contributed by atoms with Crippen LogP contribution in [0.5, 0.6) is 0 Å².